The Morgan fingerprint density at radius 2 is 2.17 bits per heavy atom. The second kappa shape index (κ2) is 8.30. The molecule has 1 fully saturated rings. The van der Waals surface area contributed by atoms with Gasteiger partial charge < -0.3 is 20.1 Å². The highest BCUT2D eigenvalue weighted by Gasteiger charge is 2.24. The van der Waals surface area contributed by atoms with Crippen LogP contribution in [-0.2, 0) is 4.79 Å². The Hall–Kier alpha value is -2.38. The number of carbonyl (C=O) groups is 2. The highest BCUT2D eigenvalue weighted by Crippen LogP contribution is 2.19. The van der Waals surface area contributed by atoms with E-state index in [1.165, 1.54) is 18.3 Å². The largest absolute Gasteiger partial charge is 0.481 e. The quantitative estimate of drug-likeness (QED) is 0.776. The summed E-state index contributed by atoms with van der Waals surface area (Å²) in [5.41, 5.74) is 0. The Labute approximate surface area is 133 Å². The van der Waals surface area contributed by atoms with Crippen molar-refractivity contribution in [3.8, 4) is 5.88 Å². The number of pyridine rings is 1. The summed E-state index contributed by atoms with van der Waals surface area (Å²) < 4.78 is 19.0. The first-order valence-corrected chi connectivity index (χ1v) is 7.58. The number of aliphatic carboxylic acids is 1. The van der Waals surface area contributed by atoms with E-state index in [0.717, 1.165) is 0 Å². The van der Waals surface area contributed by atoms with E-state index < -0.39 is 11.8 Å². The van der Waals surface area contributed by atoms with Gasteiger partial charge in [-0.2, -0.15) is 0 Å². The molecule has 0 spiro atoms. The van der Waals surface area contributed by atoms with Gasteiger partial charge in [0.1, 0.15) is 6.10 Å². The predicted octanol–water partition coefficient (Wildman–Crippen LogP) is 1.64. The van der Waals surface area contributed by atoms with Gasteiger partial charge in [0.05, 0.1) is 0 Å². The fourth-order valence-electron chi connectivity index (χ4n) is 2.34. The number of hydrogen-bond acceptors (Lipinski definition) is 4. The molecule has 0 radical (unpaired) electrons. The van der Waals surface area contributed by atoms with Crippen LogP contribution in [0, 0.1) is 5.82 Å². The Morgan fingerprint density at radius 3 is 2.83 bits per heavy atom. The van der Waals surface area contributed by atoms with Crippen molar-refractivity contribution in [1.82, 2.24) is 15.2 Å². The SMILES string of the molecule is O=C(O)CCCNC(=O)N1CCC(Oc2ncccc2F)CC1. The van der Waals surface area contributed by atoms with Gasteiger partial charge in [-0.3, -0.25) is 4.79 Å². The van der Waals surface area contributed by atoms with Crippen LogP contribution in [0.5, 0.6) is 5.88 Å². The predicted molar refractivity (Wildman–Crippen MR) is 79.7 cm³/mol. The molecule has 0 aliphatic carbocycles. The summed E-state index contributed by atoms with van der Waals surface area (Å²) in [7, 11) is 0. The average Bonchev–Trinajstić information content (AvgIpc) is 2.54. The molecule has 2 N–H and O–H groups in total. The fraction of sp³-hybridized carbons (Fsp3) is 0.533. The maximum absolute atomic E-state index is 13.5. The van der Waals surface area contributed by atoms with Crippen molar-refractivity contribution in [3.05, 3.63) is 24.1 Å². The Kier molecular flexibility index (Phi) is 6.13. The number of carbonyl (C=O) groups excluding carboxylic acids is 1. The number of amides is 2. The molecule has 8 heteroatoms. The van der Waals surface area contributed by atoms with Crippen molar-refractivity contribution < 1.29 is 23.8 Å². The number of carboxylic acid groups (broad SMARTS) is 1. The molecule has 0 bridgehead atoms. The van der Waals surface area contributed by atoms with Crippen LogP contribution < -0.4 is 10.1 Å². The number of likely N-dealkylation sites (tertiary alicyclic amines) is 1. The molecule has 2 rings (SSSR count). The number of piperidine rings is 1. The van der Waals surface area contributed by atoms with Crippen molar-refractivity contribution in [3.63, 3.8) is 0 Å². The summed E-state index contributed by atoms with van der Waals surface area (Å²) in [6, 6.07) is 2.58. The highest BCUT2D eigenvalue weighted by atomic mass is 19.1. The minimum absolute atomic E-state index is 0.0101. The van der Waals surface area contributed by atoms with E-state index in [1.807, 2.05) is 0 Å². The number of urea groups is 1. The Bertz CT molecular complexity index is 547. The maximum Gasteiger partial charge on any atom is 0.317 e. The van der Waals surface area contributed by atoms with Crippen molar-refractivity contribution in [2.45, 2.75) is 31.8 Å². The third-order valence-corrected chi connectivity index (χ3v) is 3.58. The zero-order valence-electron chi connectivity index (χ0n) is 12.7. The first kappa shape index (κ1) is 17.0. The molecule has 1 aliphatic heterocycles. The van der Waals surface area contributed by atoms with E-state index >= 15 is 0 Å². The number of nitrogens with zero attached hydrogens (tertiary/aromatic N) is 2. The van der Waals surface area contributed by atoms with Gasteiger partial charge in [-0.15, -0.1) is 0 Å². The number of hydrogen-bond donors (Lipinski definition) is 2. The smallest absolute Gasteiger partial charge is 0.317 e. The molecule has 1 aromatic heterocycles. The summed E-state index contributed by atoms with van der Waals surface area (Å²) in [6.07, 6.45) is 2.93. The van der Waals surface area contributed by atoms with Gasteiger partial charge >= 0.3 is 12.0 Å². The number of carboxylic acids is 1. The monoisotopic (exact) mass is 325 g/mol. The lowest BCUT2D eigenvalue weighted by Gasteiger charge is -2.31. The average molecular weight is 325 g/mol. The van der Waals surface area contributed by atoms with Crippen LogP contribution in [0.1, 0.15) is 25.7 Å². The molecule has 2 amide bonds. The number of aromatic nitrogens is 1. The van der Waals surface area contributed by atoms with Crippen molar-refractivity contribution in [1.29, 1.82) is 0 Å². The van der Waals surface area contributed by atoms with Gasteiger partial charge in [0.25, 0.3) is 5.88 Å². The van der Waals surface area contributed by atoms with Crippen LogP contribution >= 0.6 is 0 Å². The number of nitrogens with one attached hydrogen (secondary N) is 1. The van der Waals surface area contributed by atoms with E-state index in [2.05, 4.69) is 10.3 Å². The van der Waals surface area contributed by atoms with E-state index in [-0.39, 0.29) is 24.4 Å². The molecule has 1 aliphatic rings. The first-order valence-electron chi connectivity index (χ1n) is 7.58. The number of ether oxygens (including phenoxy) is 1. The van der Waals surface area contributed by atoms with Crippen molar-refractivity contribution in [2.75, 3.05) is 19.6 Å². The lowest BCUT2D eigenvalue weighted by Crippen LogP contribution is -2.46. The van der Waals surface area contributed by atoms with E-state index in [1.54, 1.807) is 4.90 Å². The summed E-state index contributed by atoms with van der Waals surface area (Å²) in [5, 5.41) is 11.2. The molecule has 0 saturated carbocycles. The maximum atomic E-state index is 13.5. The van der Waals surface area contributed by atoms with Gasteiger partial charge in [0.15, 0.2) is 5.82 Å². The zero-order chi connectivity index (χ0) is 16.7. The third-order valence-electron chi connectivity index (χ3n) is 3.58. The van der Waals surface area contributed by atoms with Gasteiger partial charge in [-0.25, -0.2) is 14.2 Å². The van der Waals surface area contributed by atoms with E-state index in [4.69, 9.17) is 9.84 Å². The van der Waals surface area contributed by atoms with E-state index in [0.29, 0.717) is 38.9 Å². The molecule has 1 saturated heterocycles. The van der Waals surface area contributed by atoms with Crippen LogP contribution in [0.4, 0.5) is 9.18 Å². The number of rotatable bonds is 6. The summed E-state index contributed by atoms with van der Waals surface area (Å²) in [5.74, 6) is -1.38. The normalized spacial score (nSPS) is 15.3. The molecule has 0 unspecified atom stereocenters. The second-order valence-corrected chi connectivity index (χ2v) is 5.32. The molecular formula is C15H20FN3O4. The summed E-state index contributed by atoms with van der Waals surface area (Å²) >= 11 is 0. The molecule has 2 heterocycles. The topological polar surface area (TPSA) is 91.8 Å². The van der Waals surface area contributed by atoms with Gasteiger partial charge in [0, 0.05) is 45.1 Å². The summed E-state index contributed by atoms with van der Waals surface area (Å²) in [4.78, 5) is 27.8. The van der Waals surface area contributed by atoms with E-state index in [9.17, 15) is 14.0 Å². The molecule has 0 aromatic carbocycles. The van der Waals surface area contributed by atoms with Crippen LogP contribution in [0.3, 0.4) is 0 Å². The highest BCUT2D eigenvalue weighted by molar-refractivity contribution is 5.74. The van der Waals surface area contributed by atoms with Gasteiger partial charge in [-0.1, -0.05) is 0 Å². The molecular weight excluding hydrogens is 305 g/mol. The minimum Gasteiger partial charge on any atom is -0.481 e. The molecule has 7 nitrogen and oxygen atoms in total. The standard InChI is InChI=1S/C15H20FN3O4/c16-12-3-1-7-17-14(12)23-11-5-9-19(10-6-11)15(22)18-8-2-4-13(20)21/h1,3,7,11H,2,4-6,8-10H2,(H,18,22)(H,20,21). The Morgan fingerprint density at radius 1 is 1.43 bits per heavy atom. The van der Waals surface area contributed by atoms with Crippen LogP contribution in [0.25, 0.3) is 0 Å². The molecule has 126 valence electrons. The first-order chi connectivity index (χ1) is 11.1. The Balaban J connectivity index is 1.70. The zero-order valence-corrected chi connectivity index (χ0v) is 12.7. The molecule has 1 aromatic rings. The van der Waals surface area contributed by atoms with Crippen LogP contribution in [0.2, 0.25) is 0 Å². The third kappa shape index (κ3) is 5.39. The van der Waals surface area contributed by atoms with Gasteiger partial charge in [-0.05, 0) is 18.6 Å². The number of halogens is 1. The van der Waals surface area contributed by atoms with Crippen LogP contribution in [-0.4, -0.2) is 52.7 Å². The summed E-state index contributed by atoms with van der Waals surface area (Å²) in [6.45, 7) is 1.34. The lowest BCUT2D eigenvalue weighted by atomic mass is 10.1. The molecule has 0 atom stereocenters. The molecule has 23 heavy (non-hydrogen) atoms. The lowest BCUT2D eigenvalue weighted by molar-refractivity contribution is -0.137. The minimum atomic E-state index is -0.876. The van der Waals surface area contributed by atoms with Crippen molar-refractivity contribution >= 4 is 12.0 Å². The van der Waals surface area contributed by atoms with Gasteiger partial charge in [0.2, 0.25) is 0 Å². The fourth-order valence-corrected chi connectivity index (χ4v) is 2.34. The van der Waals surface area contributed by atoms with Crippen LogP contribution in [0.15, 0.2) is 18.3 Å². The second-order valence-electron chi connectivity index (χ2n) is 5.32. The van der Waals surface area contributed by atoms with Crippen molar-refractivity contribution in [2.24, 2.45) is 0 Å².